The fourth-order valence-corrected chi connectivity index (χ4v) is 4.70. The van der Waals surface area contributed by atoms with E-state index in [1.807, 2.05) is 0 Å². The van der Waals surface area contributed by atoms with Crippen LogP contribution >= 0.6 is 0 Å². The number of aromatic nitrogens is 2. The number of rotatable bonds is 3. The molecule has 0 aliphatic carbocycles. The van der Waals surface area contributed by atoms with Crippen molar-refractivity contribution in [1.82, 2.24) is 24.7 Å². The molecule has 2 aliphatic rings. The van der Waals surface area contributed by atoms with Gasteiger partial charge in [0, 0.05) is 74.5 Å². The summed E-state index contributed by atoms with van der Waals surface area (Å²) in [6, 6.07) is 3.44. The lowest BCUT2D eigenvalue weighted by Gasteiger charge is -2.36. The summed E-state index contributed by atoms with van der Waals surface area (Å²) in [6.45, 7) is 13.4. The summed E-state index contributed by atoms with van der Waals surface area (Å²) in [6.07, 6.45) is 3.24. The summed E-state index contributed by atoms with van der Waals surface area (Å²) >= 11 is 0. The van der Waals surface area contributed by atoms with Crippen molar-refractivity contribution in [2.24, 2.45) is 0 Å². The SMILES string of the molecule is Cc1cc2c3c(n(CCN4CC(C)NC(C)C4)c2cn1)CCN(C)C3. The molecule has 25 heavy (non-hydrogen) atoms. The van der Waals surface area contributed by atoms with Gasteiger partial charge in [-0.1, -0.05) is 0 Å². The molecule has 1 fully saturated rings. The first-order valence-corrected chi connectivity index (χ1v) is 9.65. The molecule has 136 valence electrons. The van der Waals surface area contributed by atoms with Crippen LogP contribution in [0.5, 0.6) is 0 Å². The molecule has 0 radical (unpaired) electrons. The molecule has 2 atom stereocenters. The van der Waals surface area contributed by atoms with E-state index in [0.29, 0.717) is 12.1 Å². The van der Waals surface area contributed by atoms with Crippen molar-refractivity contribution in [2.45, 2.75) is 52.4 Å². The molecule has 5 heteroatoms. The van der Waals surface area contributed by atoms with Crippen molar-refractivity contribution >= 4 is 10.9 Å². The number of aryl methyl sites for hydroxylation is 1. The summed E-state index contributed by atoms with van der Waals surface area (Å²) in [5.74, 6) is 0. The third-order valence-electron chi connectivity index (χ3n) is 5.74. The number of nitrogens with one attached hydrogen (secondary N) is 1. The van der Waals surface area contributed by atoms with E-state index in [0.717, 1.165) is 51.4 Å². The van der Waals surface area contributed by atoms with Crippen molar-refractivity contribution in [3.8, 4) is 0 Å². The van der Waals surface area contributed by atoms with Gasteiger partial charge in [-0.2, -0.15) is 0 Å². The van der Waals surface area contributed by atoms with Crippen LogP contribution in [0.4, 0.5) is 0 Å². The Labute approximate surface area is 151 Å². The Balaban J connectivity index is 1.63. The smallest absolute Gasteiger partial charge is 0.0673 e. The monoisotopic (exact) mass is 341 g/mol. The number of hydrogen-bond donors (Lipinski definition) is 1. The van der Waals surface area contributed by atoms with Crippen molar-refractivity contribution in [3.05, 3.63) is 29.2 Å². The van der Waals surface area contributed by atoms with Crippen LogP contribution in [0.2, 0.25) is 0 Å². The number of nitrogens with zero attached hydrogens (tertiary/aromatic N) is 4. The molecule has 0 spiro atoms. The van der Waals surface area contributed by atoms with Crippen LogP contribution in [-0.2, 0) is 19.5 Å². The molecule has 4 rings (SSSR count). The van der Waals surface area contributed by atoms with Gasteiger partial charge in [-0.3, -0.25) is 9.88 Å². The first-order chi connectivity index (χ1) is 12.0. The van der Waals surface area contributed by atoms with Gasteiger partial charge >= 0.3 is 0 Å². The maximum atomic E-state index is 4.59. The molecule has 0 saturated carbocycles. The predicted molar refractivity (Wildman–Crippen MR) is 103 cm³/mol. The number of likely N-dealkylation sites (N-methyl/N-ethyl adjacent to an activating group) is 1. The molecule has 1 N–H and O–H groups in total. The molecule has 2 aromatic rings. The van der Waals surface area contributed by atoms with Crippen LogP contribution < -0.4 is 5.32 Å². The van der Waals surface area contributed by atoms with Gasteiger partial charge in [-0.05, 0) is 39.4 Å². The second-order valence-corrected chi connectivity index (χ2v) is 8.14. The lowest BCUT2D eigenvalue weighted by Crippen LogP contribution is -2.54. The van der Waals surface area contributed by atoms with Gasteiger partial charge in [-0.15, -0.1) is 0 Å². The minimum atomic E-state index is 0.581. The van der Waals surface area contributed by atoms with Crippen LogP contribution in [0.25, 0.3) is 10.9 Å². The summed E-state index contributed by atoms with van der Waals surface area (Å²) in [7, 11) is 2.23. The summed E-state index contributed by atoms with van der Waals surface area (Å²) in [5, 5.41) is 5.04. The number of pyridine rings is 1. The number of fused-ring (bicyclic) bond motifs is 3. The Kier molecular flexibility index (Phi) is 4.56. The normalized spacial score (nSPS) is 25.4. The molecular weight excluding hydrogens is 310 g/mol. The van der Waals surface area contributed by atoms with Crippen LogP contribution in [0.15, 0.2) is 12.3 Å². The molecule has 1 saturated heterocycles. The molecule has 0 aromatic carbocycles. The minimum absolute atomic E-state index is 0.581. The Hall–Kier alpha value is -1.43. The van der Waals surface area contributed by atoms with Crippen LogP contribution in [0.1, 0.15) is 30.8 Å². The van der Waals surface area contributed by atoms with Crippen molar-refractivity contribution in [3.63, 3.8) is 0 Å². The molecule has 4 heterocycles. The lowest BCUT2D eigenvalue weighted by molar-refractivity contribution is 0.168. The highest BCUT2D eigenvalue weighted by Crippen LogP contribution is 2.30. The minimum Gasteiger partial charge on any atom is -0.342 e. The maximum Gasteiger partial charge on any atom is 0.0673 e. The van der Waals surface area contributed by atoms with Crippen molar-refractivity contribution in [1.29, 1.82) is 0 Å². The summed E-state index contributed by atoms with van der Waals surface area (Å²) < 4.78 is 2.56. The fourth-order valence-electron chi connectivity index (χ4n) is 4.70. The Bertz CT molecular complexity index is 755. The standard InChI is InChI=1S/C20H31N5/c1-14-9-17-18-13-23(4)6-5-19(18)25(20(17)10-21-14)8-7-24-11-15(2)22-16(3)12-24/h9-10,15-16,22H,5-8,11-13H2,1-4H3. The highest BCUT2D eigenvalue weighted by Gasteiger charge is 2.24. The van der Waals surface area contributed by atoms with Gasteiger partial charge in [0.05, 0.1) is 11.7 Å². The molecular formula is C20H31N5. The van der Waals surface area contributed by atoms with Crippen molar-refractivity contribution in [2.75, 3.05) is 33.2 Å². The fraction of sp³-hybridized carbons (Fsp3) is 0.650. The average molecular weight is 342 g/mol. The van der Waals surface area contributed by atoms with Gasteiger partial charge in [-0.25, -0.2) is 0 Å². The first-order valence-electron chi connectivity index (χ1n) is 9.65. The zero-order valence-electron chi connectivity index (χ0n) is 16.0. The average Bonchev–Trinajstić information content (AvgIpc) is 2.84. The van der Waals surface area contributed by atoms with E-state index in [9.17, 15) is 0 Å². The van der Waals surface area contributed by atoms with Crippen LogP contribution in [-0.4, -0.2) is 64.7 Å². The predicted octanol–water partition coefficient (Wildman–Crippen LogP) is 2.01. The Morgan fingerprint density at radius 2 is 1.96 bits per heavy atom. The Morgan fingerprint density at radius 3 is 2.72 bits per heavy atom. The van der Waals surface area contributed by atoms with Gasteiger partial charge in [0.15, 0.2) is 0 Å². The molecule has 0 amide bonds. The lowest BCUT2D eigenvalue weighted by atomic mass is 10.1. The third kappa shape index (κ3) is 3.33. The second kappa shape index (κ2) is 6.71. The van der Waals surface area contributed by atoms with E-state index in [1.165, 1.54) is 22.2 Å². The number of piperazine rings is 1. The van der Waals surface area contributed by atoms with Gasteiger partial charge < -0.3 is 14.8 Å². The molecule has 2 aliphatic heterocycles. The summed E-state index contributed by atoms with van der Waals surface area (Å²) in [5.41, 5.74) is 5.50. The van der Waals surface area contributed by atoms with Crippen molar-refractivity contribution < 1.29 is 0 Å². The van der Waals surface area contributed by atoms with Crippen LogP contribution in [0.3, 0.4) is 0 Å². The van der Waals surface area contributed by atoms with E-state index in [4.69, 9.17) is 0 Å². The highest BCUT2D eigenvalue weighted by molar-refractivity contribution is 5.85. The largest absolute Gasteiger partial charge is 0.342 e. The molecule has 5 nitrogen and oxygen atoms in total. The van der Waals surface area contributed by atoms with E-state index in [2.05, 4.69) is 64.7 Å². The van der Waals surface area contributed by atoms with E-state index >= 15 is 0 Å². The van der Waals surface area contributed by atoms with E-state index < -0.39 is 0 Å². The quantitative estimate of drug-likeness (QED) is 0.927. The third-order valence-corrected chi connectivity index (χ3v) is 5.74. The Morgan fingerprint density at radius 1 is 1.20 bits per heavy atom. The highest BCUT2D eigenvalue weighted by atomic mass is 15.2. The molecule has 2 aromatic heterocycles. The van der Waals surface area contributed by atoms with E-state index in [1.54, 1.807) is 0 Å². The molecule has 2 unspecified atom stereocenters. The summed E-state index contributed by atoms with van der Waals surface area (Å²) in [4.78, 5) is 9.64. The zero-order chi connectivity index (χ0) is 17.6. The van der Waals surface area contributed by atoms with E-state index in [-0.39, 0.29) is 0 Å². The first kappa shape index (κ1) is 17.0. The maximum absolute atomic E-state index is 4.59. The van der Waals surface area contributed by atoms with Gasteiger partial charge in [0.1, 0.15) is 0 Å². The number of hydrogen-bond acceptors (Lipinski definition) is 4. The zero-order valence-corrected chi connectivity index (χ0v) is 16.0. The van der Waals surface area contributed by atoms with Crippen LogP contribution in [0, 0.1) is 6.92 Å². The molecule has 0 bridgehead atoms. The van der Waals surface area contributed by atoms with Gasteiger partial charge in [0.25, 0.3) is 0 Å². The topological polar surface area (TPSA) is 36.3 Å². The second-order valence-electron chi connectivity index (χ2n) is 8.14. The van der Waals surface area contributed by atoms with Gasteiger partial charge in [0.2, 0.25) is 0 Å².